The molecular weight excluding hydrogens is 312 g/mol. The van der Waals surface area contributed by atoms with Crippen molar-refractivity contribution in [3.05, 3.63) is 65.9 Å². The van der Waals surface area contributed by atoms with Crippen molar-refractivity contribution in [3.8, 4) is 22.7 Å². The van der Waals surface area contributed by atoms with Gasteiger partial charge in [-0.2, -0.15) is 5.10 Å². The van der Waals surface area contributed by atoms with Crippen LogP contribution >= 0.6 is 0 Å². The van der Waals surface area contributed by atoms with Gasteiger partial charge in [0.05, 0.1) is 12.7 Å². The van der Waals surface area contributed by atoms with Gasteiger partial charge in [0.25, 0.3) is 0 Å². The molecule has 0 amide bonds. The number of rotatable bonds is 6. The van der Waals surface area contributed by atoms with Gasteiger partial charge in [-0.1, -0.05) is 50.2 Å². The standard InChI is InChI=1S/C21H22N2O2/c1-15(2)12-16-8-10-17(11-9-16)21-18(14-24)13-23(22-21)19-6-4-5-7-20(19)25-3/h4-11,13-15H,12H2,1-3H3. The molecule has 1 aromatic heterocycles. The quantitative estimate of drug-likeness (QED) is 0.621. The van der Waals surface area contributed by atoms with Gasteiger partial charge < -0.3 is 4.74 Å². The third kappa shape index (κ3) is 3.63. The highest BCUT2D eigenvalue weighted by Crippen LogP contribution is 2.27. The highest BCUT2D eigenvalue weighted by molar-refractivity contribution is 5.85. The molecule has 3 aromatic rings. The zero-order chi connectivity index (χ0) is 17.8. The number of carbonyl (C=O) groups is 1. The van der Waals surface area contributed by atoms with Crippen LogP contribution in [-0.2, 0) is 6.42 Å². The summed E-state index contributed by atoms with van der Waals surface area (Å²) in [7, 11) is 1.62. The van der Waals surface area contributed by atoms with Crippen LogP contribution in [0.4, 0.5) is 0 Å². The summed E-state index contributed by atoms with van der Waals surface area (Å²) in [6, 6.07) is 15.9. The van der Waals surface area contributed by atoms with E-state index in [1.165, 1.54) is 5.56 Å². The number of methoxy groups -OCH3 is 1. The van der Waals surface area contributed by atoms with Gasteiger partial charge in [0.2, 0.25) is 0 Å². The van der Waals surface area contributed by atoms with Gasteiger partial charge in [-0.15, -0.1) is 0 Å². The van der Waals surface area contributed by atoms with Crippen molar-refractivity contribution in [1.29, 1.82) is 0 Å². The molecule has 0 saturated heterocycles. The van der Waals surface area contributed by atoms with Crippen LogP contribution in [0, 0.1) is 5.92 Å². The summed E-state index contributed by atoms with van der Waals surface area (Å²) in [6.45, 7) is 4.40. The maximum atomic E-state index is 11.5. The molecule has 128 valence electrons. The first-order valence-corrected chi connectivity index (χ1v) is 8.40. The SMILES string of the molecule is COc1ccccc1-n1cc(C=O)c(-c2ccc(CC(C)C)cc2)n1. The molecule has 2 aromatic carbocycles. The van der Waals surface area contributed by atoms with Gasteiger partial charge in [0, 0.05) is 11.8 Å². The molecule has 0 N–H and O–H groups in total. The Kier molecular flexibility index (Phi) is 4.98. The van der Waals surface area contributed by atoms with Crippen LogP contribution in [0.2, 0.25) is 0 Å². The van der Waals surface area contributed by atoms with E-state index in [1.54, 1.807) is 18.0 Å². The van der Waals surface area contributed by atoms with Crippen LogP contribution in [0.3, 0.4) is 0 Å². The number of aromatic nitrogens is 2. The van der Waals surface area contributed by atoms with Crippen molar-refractivity contribution in [2.24, 2.45) is 5.92 Å². The zero-order valence-corrected chi connectivity index (χ0v) is 14.8. The largest absolute Gasteiger partial charge is 0.494 e. The Labute approximate surface area is 148 Å². The molecule has 0 radical (unpaired) electrons. The van der Waals surface area contributed by atoms with Crippen molar-refractivity contribution in [3.63, 3.8) is 0 Å². The van der Waals surface area contributed by atoms with Gasteiger partial charge in [-0.25, -0.2) is 4.68 Å². The minimum Gasteiger partial charge on any atom is -0.494 e. The van der Waals surface area contributed by atoms with Crippen LogP contribution in [0.25, 0.3) is 16.9 Å². The minimum atomic E-state index is 0.558. The van der Waals surface area contributed by atoms with Crippen LogP contribution in [0.1, 0.15) is 29.8 Å². The number of hydrogen-bond donors (Lipinski definition) is 0. The Bertz CT molecular complexity index is 864. The Hall–Kier alpha value is -2.88. The van der Waals surface area contributed by atoms with E-state index in [9.17, 15) is 4.79 Å². The monoisotopic (exact) mass is 334 g/mol. The first-order chi connectivity index (χ1) is 12.1. The van der Waals surface area contributed by atoms with Crippen molar-refractivity contribution in [2.75, 3.05) is 7.11 Å². The molecule has 3 rings (SSSR count). The van der Waals surface area contributed by atoms with E-state index in [4.69, 9.17) is 4.74 Å². The third-order valence-electron chi connectivity index (χ3n) is 4.07. The lowest BCUT2D eigenvalue weighted by atomic mass is 10.0. The number of nitrogens with zero attached hydrogens (tertiary/aromatic N) is 2. The molecule has 0 aliphatic rings. The summed E-state index contributed by atoms with van der Waals surface area (Å²) in [5.41, 5.74) is 4.26. The molecule has 0 aliphatic carbocycles. The Balaban J connectivity index is 2.00. The summed E-state index contributed by atoms with van der Waals surface area (Å²) in [4.78, 5) is 11.5. The molecule has 0 saturated carbocycles. The first kappa shape index (κ1) is 17.0. The lowest BCUT2D eigenvalue weighted by Crippen LogP contribution is -1.98. The second-order valence-electron chi connectivity index (χ2n) is 6.46. The van der Waals surface area contributed by atoms with E-state index in [2.05, 4.69) is 31.1 Å². The number of ether oxygens (including phenoxy) is 1. The number of aldehydes is 1. The summed E-state index contributed by atoms with van der Waals surface area (Å²) < 4.78 is 7.09. The number of benzene rings is 2. The lowest BCUT2D eigenvalue weighted by Gasteiger charge is -2.07. The topological polar surface area (TPSA) is 44.1 Å². The fourth-order valence-electron chi connectivity index (χ4n) is 2.91. The van der Waals surface area contributed by atoms with Crippen molar-refractivity contribution in [2.45, 2.75) is 20.3 Å². The predicted molar refractivity (Wildman–Crippen MR) is 99.5 cm³/mol. The third-order valence-corrected chi connectivity index (χ3v) is 4.07. The first-order valence-electron chi connectivity index (χ1n) is 8.40. The van der Waals surface area contributed by atoms with Gasteiger partial charge in [0.1, 0.15) is 17.1 Å². The van der Waals surface area contributed by atoms with E-state index >= 15 is 0 Å². The molecular formula is C21H22N2O2. The van der Waals surface area contributed by atoms with Crippen molar-refractivity contribution >= 4 is 6.29 Å². The summed E-state index contributed by atoms with van der Waals surface area (Å²) in [6.07, 6.45) is 3.62. The second-order valence-corrected chi connectivity index (χ2v) is 6.46. The molecule has 4 heteroatoms. The van der Waals surface area contributed by atoms with E-state index in [1.807, 2.05) is 36.4 Å². The van der Waals surface area contributed by atoms with Gasteiger partial charge in [-0.05, 0) is 30.0 Å². The van der Waals surface area contributed by atoms with E-state index in [0.717, 1.165) is 24.0 Å². The molecule has 0 aliphatic heterocycles. The van der Waals surface area contributed by atoms with Crippen LogP contribution in [0.15, 0.2) is 54.7 Å². The second kappa shape index (κ2) is 7.34. The van der Waals surface area contributed by atoms with Crippen LogP contribution in [-0.4, -0.2) is 23.2 Å². The Morgan fingerprint density at radius 2 is 1.84 bits per heavy atom. The normalized spacial score (nSPS) is 10.9. The summed E-state index contributed by atoms with van der Waals surface area (Å²) in [5, 5.41) is 4.63. The number of carbonyl (C=O) groups excluding carboxylic acids is 1. The maximum Gasteiger partial charge on any atom is 0.153 e. The number of para-hydroxylation sites is 2. The minimum absolute atomic E-state index is 0.558. The predicted octanol–water partition coefficient (Wildman–Crippen LogP) is 4.56. The molecule has 1 heterocycles. The van der Waals surface area contributed by atoms with Gasteiger partial charge >= 0.3 is 0 Å². The van der Waals surface area contributed by atoms with Gasteiger partial charge in [-0.3, -0.25) is 4.79 Å². The molecule has 0 atom stereocenters. The van der Waals surface area contributed by atoms with E-state index in [-0.39, 0.29) is 0 Å². The van der Waals surface area contributed by atoms with Gasteiger partial charge in [0.15, 0.2) is 6.29 Å². The maximum absolute atomic E-state index is 11.5. The van der Waals surface area contributed by atoms with E-state index < -0.39 is 0 Å². The van der Waals surface area contributed by atoms with Crippen LogP contribution in [0.5, 0.6) is 5.75 Å². The highest BCUT2D eigenvalue weighted by Gasteiger charge is 2.14. The molecule has 0 bridgehead atoms. The fraction of sp³-hybridized carbons (Fsp3) is 0.238. The molecule has 0 spiro atoms. The molecule has 4 nitrogen and oxygen atoms in total. The molecule has 25 heavy (non-hydrogen) atoms. The van der Waals surface area contributed by atoms with Crippen molar-refractivity contribution < 1.29 is 9.53 Å². The average Bonchev–Trinajstić information content (AvgIpc) is 3.06. The Morgan fingerprint density at radius 3 is 2.48 bits per heavy atom. The smallest absolute Gasteiger partial charge is 0.153 e. The van der Waals surface area contributed by atoms with Crippen molar-refractivity contribution in [1.82, 2.24) is 9.78 Å². The fourth-order valence-corrected chi connectivity index (χ4v) is 2.91. The average molecular weight is 334 g/mol. The van der Waals surface area contributed by atoms with Crippen LogP contribution < -0.4 is 4.74 Å². The zero-order valence-electron chi connectivity index (χ0n) is 14.8. The summed E-state index contributed by atoms with van der Waals surface area (Å²) >= 11 is 0. The lowest BCUT2D eigenvalue weighted by molar-refractivity contribution is 0.112. The number of hydrogen-bond acceptors (Lipinski definition) is 3. The molecule has 0 unspecified atom stereocenters. The molecule has 0 fully saturated rings. The Morgan fingerprint density at radius 1 is 1.12 bits per heavy atom. The summed E-state index contributed by atoms with van der Waals surface area (Å²) in [5.74, 6) is 1.32. The highest BCUT2D eigenvalue weighted by atomic mass is 16.5. The van der Waals surface area contributed by atoms with E-state index in [0.29, 0.717) is 22.9 Å².